The van der Waals surface area contributed by atoms with Crippen LogP contribution in [0.25, 0.3) is 10.9 Å². The number of carbonyl (C=O) groups is 1. The molecular formula is C25H20F3N3O2. The number of aliphatic hydroxyl groups is 1. The highest BCUT2D eigenvalue weighted by Crippen LogP contribution is 2.35. The molecule has 0 aliphatic heterocycles. The molecule has 8 heteroatoms. The van der Waals surface area contributed by atoms with E-state index in [9.17, 15) is 23.1 Å². The minimum Gasteiger partial charge on any atom is -0.389 e. The number of alkyl halides is 3. The molecule has 0 saturated heterocycles. The first-order valence-electron chi connectivity index (χ1n) is 10.2. The van der Waals surface area contributed by atoms with Gasteiger partial charge in [0.15, 0.2) is 0 Å². The van der Waals surface area contributed by atoms with Gasteiger partial charge in [0.05, 0.1) is 28.9 Å². The highest BCUT2D eigenvalue weighted by Gasteiger charge is 2.37. The summed E-state index contributed by atoms with van der Waals surface area (Å²) in [6, 6.07) is 15.9. The summed E-state index contributed by atoms with van der Waals surface area (Å²) in [7, 11) is 0. The van der Waals surface area contributed by atoms with Gasteiger partial charge in [0.1, 0.15) is 0 Å². The molecule has 33 heavy (non-hydrogen) atoms. The number of hydrogen-bond acceptors (Lipinski definition) is 4. The van der Waals surface area contributed by atoms with E-state index in [1.807, 2.05) is 6.07 Å². The largest absolute Gasteiger partial charge is 0.418 e. The number of aliphatic hydroxyl groups excluding tert-OH is 1. The standard InChI is InChI=1S/C25H20F3N3O2/c1-15(32)16-6-9-18(10-7-16)22(23-20(25(26,27)28)5-3-13-30-23)31-24(33)19-11-8-17-4-2-12-29-21(17)14-19/h2-15,22,32H,1H3,(H,31,33)/t15-,22?/m0/s1. The van der Waals surface area contributed by atoms with E-state index < -0.39 is 29.8 Å². The number of rotatable bonds is 5. The number of pyridine rings is 2. The zero-order valence-corrected chi connectivity index (χ0v) is 17.5. The number of carbonyl (C=O) groups excluding carboxylic acids is 1. The molecule has 0 saturated carbocycles. The molecule has 0 radical (unpaired) electrons. The van der Waals surface area contributed by atoms with Crippen molar-refractivity contribution in [2.75, 3.05) is 0 Å². The third-order valence-electron chi connectivity index (χ3n) is 5.31. The van der Waals surface area contributed by atoms with Crippen LogP contribution in [0.3, 0.4) is 0 Å². The first-order valence-corrected chi connectivity index (χ1v) is 10.2. The van der Waals surface area contributed by atoms with Crippen LogP contribution in [0.1, 0.15) is 51.8 Å². The van der Waals surface area contributed by atoms with Gasteiger partial charge in [-0.2, -0.15) is 13.2 Å². The SMILES string of the molecule is C[C@H](O)c1ccc(C(NC(=O)c2ccc3cccnc3c2)c2ncccc2C(F)(F)F)cc1. The van der Waals surface area contributed by atoms with Crippen molar-refractivity contribution >= 4 is 16.8 Å². The van der Waals surface area contributed by atoms with E-state index >= 15 is 0 Å². The zero-order chi connectivity index (χ0) is 23.6. The third kappa shape index (κ3) is 4.85. The molecular weight excluding hydrogens is 431 g/mol. The number of aromatic nitrogens is 2. The second kappa shape index (κ2) is 8.99. The first-order chi connectivity index (χ1) is 15.7. The topological polar surface area (TPSA) is 75.1 Å². The van der Waals surface area contributed by atoms with Crippen LogP contribution in [0.5, 0.6) is 0 Å². The minimum absolute atomic E-state index is 0.260. The molecule has 0 aliphatic carbocycles. The summed E-state index contributed by atoms with van der Waals surface area (Å²) in [4.78, 5) is 21.3. The molecule has 5 nitrogen and oxygen atoms in total. The molecule has 2 N–H and O–H groups in total. The second-order valence-corrected chi connectivity index (χ2v) is 7.59. The van der Waals surface area contributed by atoms with Gasteiger partial charge >= 0.3 is 6.18 Å². The Bertz CT molecular complexity index is 1290. The number of halogens is 3. The van der Waals surface area contributed by atoms with E-state index in [-0.39, 0.29) is 11.3 Å². The Labute approximate surface area is 187 Å². The number of nitrogens with zero attached hydrogens (tertiary/aromatic N) is 2. The predicted molar refractivity (Wildman–Crippen MR) is 117 cm³/mol. The Morgan fingerprint density at radius 1 is 0.939 bits per heavy atom. The molecule has 4 rings (SSSR count). The number of nitrogens with one attached hydrogen (secondary N) is 1. The quantitative estimate of drug-likeness (QED) is 0.436. The van der Waals surface area contributed by atoms with Gasteiger partial charge in [-0.15, -0.1) is 0 Å². The summed E-state index contributed by atoms with van der Waals surface area (Å²) in [5.41, 5.74) is 0.600. The van der Waals surface area contributed by atoms with Gasteiger partial charge < -0.3 is 10.4 Å². The van der Waals surface area contributed by atoms with Gasteiger partial charge in [-0.1, -0.05) is 36.4 Å². The molecule has 4 aromatic rings. The number of fused-ring (bicyclic) bond motifs is 1. The summed E-state index contributed by atoms with van der Waals surface area (Å²) < 4.78 is 41.2. The highest BCUT2D eigenvalue weighted by molar-refractivity contribution is 5.98. The third-order valence-corrected chi connectivity index (χ3v) is 5.31. The Morgan fingerprint density at radius 3 is 2.30 bits per heavy atom. The number of benzene rings is 2. The van der Waals surface area contributed by atoms with Crippen LogP contribution in [0.15, 0.2) is 79.1 Å². The molecule has 2 atom stereocenters. The maximum absolute atomic E-state index is 13.7. The van der Waals surface area contributed by atoms with Crippen LogP contribution in [-0.4, -0.2) is 21.0 Å². The first kappa shape index (κ1) is 22.4. The molecule has 2 aromatic heterocycles. The highest BCUT2D eigenvalue weighted by atomic mass is 19.4. The summed E-state index contributed by atoms with van der Waals surface area (Å²) in [6.45, 7) is 1.59. The second-order valence-electron chi connectivity index (χ2n) is 7.59. The van der Waals surface area contributed by atoms with E-state index in [1.165, 1.54) is 12.3 Å². The Balaban J connectivity index is 1.76. The van der Waals surface area contributed by atoms with Gasteiger partial charge in [-0.3, -0.25) is 14.8 Å². The normalized spacial score (nSPS) is 13.5. The molecule has 1 amide bonds. The average molecular weight is 451 g/mol. The number of hydrogen-bond donors (Lipinski definition) is 2. The van der Waals surface area contributed by atoms with Gasteiger partial charge in [0, 0.05) is 23.3 Å². The predicted octanol–water partition coefficient (Wildman–Crippen LogP) is 5.22. The molecule has 168 valence electrons. The van der Waals surface area contributed by atoms with Crippen molar-refractivity contribution in [2.24, 2.45) is 0 Å². The van der Waals surface area contributed by atoms with Crippen molar-refractivity contribution in [1.82, 2.24) is 15.3 Å². The molecule has 1 unspecified atom stereocenters. The van der Waals surface area contributed by atoms with Crippen molar-refractivity contribution in [1.29, 1.82) is 0 Å². The molecule has 0 bridgehead atoms. The Kier molecular flexibility index (Phi) is 6.11. The monoisotopic (exact) mass is 451 g/mol. The van der Waals surface area contributed by atoms with Gasteiger partial charge in [0.2, 0.25) is 0 Å². The average Bonchev–Trinajstić information content (AvgIpc) is 2.81. The van der Waals surface area contributed by atoms with Crippen molar-refractivity contribution in [2.45, 2.75) is 25.2 Å². The molecule has 2 heterocycles. The van der Waals surface area contributed by atoms with E-state index in [0.717, 1.165) is 11.5 Å². The van der Waals surface area contributed by atoms with E-state index in [1.54, 1.807) is 61.7 Å². The van der Waals surface area contributed by atoms with Crippen molar-refractivity contribution in [3.8, 4) is 0 Å². The van der Waals surface area contributed by atoms with Gasteiger partial charge in [0.25, 0.3) is 5.91 Å². The lowest BCUT2D eigenvalue weighted by Crippen LogP contribution is -2.31. The summed E-state index contributed by atoms with van der Waals surface area (Å²) in [6.07, 6.45) is -2.54. The van der Waals surface area contributed by atoms with Crippen LogP contribution in [0, 0.1) is 0 Å². The molecule has 0 fully saturated rings. The van der Waals surface area contributed by atoms with Crippen molar-refractivity contribution in [3.63, 3.8) is 0 Å². The van der Waals surface area contributed by atoms with Crippen LogP contribution < -0.4 is 5.32 Å². The fourth-order valence-corrected chi connectivity index (χ4v) is 3.59. The maximum atomic E-state index is 13.7. The lowest BCUT2D eigenvalue weighted by Gasteiger charge is -2.23. The van der Waals surface area contributed by atoms with Crippen molar-refractivity contribution < 1.29 is 23.1 Å². The number of amides is 1. The van der Waals surface area contributed by atoms with E-state index in [2.05, 4.69) is 15.3 Å². The van der Waals surface area contributed by atoms with Crippen LogP contribution in [0.4, 0.5) is 13.2 Å². The smallest absolute Gasteiger partial charge is 0.389 e. The van der Waals surface area contributed by atoms with E-state index in [0.29, 0.717) is 16.6 Å². The summed E-state index contributed by atoms with van der Waals surface area (Å²) >= 11 is 0. The maximum Gasteiger partial charge on any atom is 0.418 e. The molecule has 2 aromatic carbocycles. The van der Waals surface area contributed by atoms with Gasteiger partial charge in [-0.25, -0.2) is 0 Å². The van der Waals surface area contributed by atoms with Crippen LogP contribution >= 0.6 is 0 Å². The van der Waals surface area contributed by atoms with E-state index in [4.69, 9.17) is 0 Å². The summed E-state index contributed by atoms with van der Waals surface area (Å²) in [5.74, 6) is -0.564. The fourth-order valence-electron chi connectivity index (χ4n) is 3.59. The van der Waals surface area contributed by atoms with Crippen molar-refractivity contribution in [3.05, 3.63) is 107 Å². The zero-order valence-electron chi connectivity index (χ0n) is 17.5. The van der Waals surface area contributed by atoms with Crippen LogP contribution in [-0.2, 0) is 6.18 Å². The van der Waals surface area contributed by atoms with Gasteiger partial charge in [-0.05, 0) is 48.4 Å². The lowest BCUT2D eigenvalue weighted by molar-refractivity contribution is -0.138. The molecule has 0 spiro atoms. The summed E-state index contributed by atoms with van der Waals surface area (Å²) in [5, 5.41) is 13.3. The Hall–Kier alpha value is -3.78. The lowest BCUT2D eigenvalue weighted by atomic mass is 9.96. The Morgan fingerprint density at radius 2 is 1.61 bits per heavy atom. The van der Waals surface area contributed by atoms with Crippen LogP contribution in [0.2, 0.25) is 0 Å². The fraction of sp³-hybridized carbons (Fsp3) is 0.160. The molecule has 0 aliphatic rings. The minimum atomic E-state index is -4.65.